The van der Waals surface area contributed by atoms with Crippen LogP contribution >= 0.6 is 0 Å². The Balaban J connectivity index is 1.84. The summed E-state index contributed by atoms with van der Waals surface area (Å²) in [6.07, 6.45) is 7.14. The molecule has 3 aromatic carbocycles. The second-order valence-electron chi connectivity index (χ2n) is 7.20. The molecule has 3 nitrogen and oxygen atoms in total. The predicted octanol–water partition coefficient (Wildman–Crippen LogP) is 6.40. The summed E-state index contributed by atoms with van der Waals surface area (Å²) in [7, 11) is 0. The normalized spacial score (nSPS) is 11.4. The smallest absolute Gasteiger partial charge is 0.124 e. The van der Waals surface area contributed by atoms with Crippen molar-refractivity contribution in [1.29, 1.82) is 0 Å². The van der Waals surface area contributed by atoms with Crippen molar-refractivity contribution in [1.82, 2.24) is 9.78 Å². The minimum atomic E-state index is 0.331. The summed E-state index contributed by atoms with van der Waals surface area (Å²) in [4.78, 5) is 0. The van der Waals surface area contributed by atoms with E-state index in [2.05, 4.69) is 25.1 Å². The van der Waals surface area contributed by atoms with E-state index in [1.54, 1.807) is 0 Å². The molecule has 0 saturated carbocycles. The van der Waals surface area contributed by atoms with Gasteiger partial charge in [0, 0.05) is 16.2 Å². The summed E-state index contributed by atoms with van der Waals surface area (Å²) >= 11 is 0. The van der Waals surface area contributed by atoms with Gasteiger partial charge in [-0.3, -0.25) is 0 Å². The molecule has 1 heterocycles. The number of rotatable bonds is 7. The van der Waals surface area contributed by atoms with Crippen LogP contribution in [-0.4, -0.2) is 14.9 Å². The molecule has 138 valence electrons. The number of hydrogen-bond acceptors (Lipinski definition) is 2. The van der Waals surface area contributed by atoms with Crippen LogP contribution in [0.1, 0.15) is 44.7 Å². The van der Waals surface area contributed by atoms with Gasteiger partial charge in [0.15, 0.2) is 0 Å². The van der Waals surface area contributed by atoms with E-state index in [0.29, 0.717) is 5.75 Å². The lowest BCUT2D eigenvalue weighted by molar-refractivity contribution is 0.482. The van der Waals surface area contributed by atoms with Gasteiger partial charge < -0.3 is 5.11 Å². The van der Waals surface area contributed by atoms with Crippen molar-refractivity contribution in [2.75, 3.05) is 0 Å². The summed E-state index contributed by atoms with van der Waals surface area (Å²) in [5, 5.41) is 18.5. The Morgan fingerprint density at radius 1 is 0.815 bits per heavy atom. The predicted molar refractivity (Wildman–Crippen MR) is 113 cm³/mol. The fourth-order valence-electron chi connectivity index (χ4n) is 3.85. The fourth-order valence-corrected chi connectivity index (χ4v) is 3.85. The maximum Gasteiger partial charge on any atom is 0.124 e. The molecule has 3 heteroatoms. The van der Waals surface area contributed by atoms with Gasteiger partial charge in [0.2, 0.25) is 0 Å². The number of unbranched alkanes of at least 4 members (excludes halogenated alkanes) is 4. The van der Waals surface area contributed by atoms with Crippen LogP contribution in [0.3, 0.4) is 0 Å². The van der Waals surface area contributed by atoms with Crippen LogP contribution in [0.5, 0.6) is 5.75 Å². The van der Waals surface area contributed by atoms with Crippen molar-refractivity contribution >= 4 is 21.7 Å². The fraction of sp³-hybridized carbons (Fsp3) is 0.292. The number of phenolic OH excluding ortho intramolecular Hbond substituents is 1. The lowest BCUT2D eigenvalue weighted by Crippen LogP contribution is -1.97. The molecule has 0 radical (unpaired) electrons. The van der Waals surface area contributed by atoms with E-state index in [-0.39, 0.29) is 0 Å². The van der Waals surface area contributed by atoms with Gasteiger partial charge in [-0.05, 0) is 31.0 Å². The average molecular weight is 358 g/mol. The molecule has 0 fully saturated rings. The third-order valence-electron chi connectivity index (χ3n) is 5.26. The van der Waals surface area contributed by atoms with Crippen LogP contribution in [0.4, 0.5) is 0 Å². The maximum atomic E-state index is 10.6. The Bertz CT molecular complexity index is 1050. The van der Waals surface area contributed by atoms with E-state index in [1.807, 2.05) is 47.1 Å². The Morgan fingerprint density at radius 3 is 2.30 bits per heavy atom. The number of nitrogens with zero attached hydrogens (tertiary/aromatic N) is 2. The first kappa shape index (κ1) is 17.6. The molecule has 4 aromatic rings. The number of aromatic nitrogens is 2. The topological polar surface area (TPSA) is 38.0 Å². The van der Waals surface area contributed by atoms with Gasteiger partial charge >= 0.3 is 0 Å². The largest absolute Gasteiger partial charge is 0.507 e. The Morgan fingerprint density at radius 2 is 1.52 bits per heavy atom. The number of hydrogen-bond donors (Lipinski definition) is 1. The van der Waals surface area contributed by atoms with Gasteiger partial charge in [-0.2, -0.15) is 5.10 Å². The Labute approximate surface area is 160 Å². The number of aryl methyl sites for hydroxylation is 1. The third-order valence-corrected chi connectivity index (χ3v) is 5.26. The van der Waals surface area contributed by atoms with E-state index in [1.165, 1.54) is 25.7 Å². The van der Waals surface area contributed by atoms with Crippen LogP contribution in [0.25, 0.3) is 27.4 Å². The first-order valence-corrected chi connectivity index (χ1v) is 9.97. The molecule has 0 aliphatic carbocycles. The minimum absolute atomic E-state index is 0.331. The van der Waals surface area contributed by atoms with E-state index in [0.717, 1.165) is 45.9 Å². The standard InChI is InChI=1S/C24H26N2O/c1-2-3-4-5-9-16-22-21-17-23(27)19-14-10-11-15-20(19)24(21)26(25-22)18-12-7-6-8-13-18/h6-8,10-15,17,27H,2-5,9,16H2,1H3. The van der Waals surface area contributed by atoms with Crippen LogP contribution < -0.4 is 0 Å². The third kappa shape index (κ3) is 3.42. The molecule has 27 heavy (non-hydrogen) atoms. The Kier molecular flexibility index (Phi) is 5.10. The lowest BCUT2D eigenvalue weighted by Gasteiger charge is -2.07. The molecule has 0 spiro atoms. The zero-order chi connectivity index (χ0) is 18.6. The van der Waals surface area contributed by atoms with Crippen molar-refractivity contribution in [2.45, 2.75) is 45.4 Å². The quantitative estimate of drug-likeness (QED) is 0.388. The van der Waals surface area contributed by atoms with Crippen LogP contribution in [0.2, 0.25) is 0 Å². The molecule has 0 aliphatic rings. The summed E-state index contributed by atoms with van der Waals surface area (Å²) in [5.41, 5.74) is 3.21. The van der Waals surface area contributed by atoms with Crippen LogP contribution in [0.15, 0.2) is 60.7 Å². The first-order valence-electron chi connectivity index (χ1n) is 9.97. The number of benzene rings is 3. The monoisotopic (exact) mass is 358 g/mol. The molecule has 0 amide bonds. The molecule has 0 atom stereocenters. The molecular weight excluding hydrogens is 332 g/mol. The molecule has 4 rings (SSSR count). The van der Waals surface area contributed by atoms with Crippen molar-refractivity contribution in [3.05, 3.63) is 66.4 Å². The van der Waals surface area contributed by atoms with E-state index < -0.39 is 0 Å². The molecule has 1 N–H and O–H groups in total. The van der Waals surface area contributed by atoms with Crippen LogP contribution in [-0.2, 0) is 6.42 Å². The van der Waals surface area contributed by atoms with E-state index in [4.69, 9.17) is 5.10 Å². The second-order valence-corrected chi connectivity index (χ2v) is 7.20. The van der Waals surface area contributed by atoms with Gasteiger partial charge in [-0.1, -0.05) is 75.1 Å². The summed E-state index contributed by atoms with van der Waals surface area (Å²) in [6.45, 7) is 2.24. The second kappa shape index (κ2) is 7.83. The highest BCUT2D eigenvalue weighted by Crippen LogP contribution is 2.36. The van der Waals surface area contributed by atoms with E-state index in [9.17, 15) is 5.11 Å². The first-order chi connectivity index (χ1) is 13.3. The summed E-state index contributed by atoms with van der Waals surface area (Å²) < 4.78 is 2.04. The van der Waals surface area contributed by atoms with Gasteiger partial charge in [-0.15, -0.1) is 0 Å². The Hall–Kier alpha value is -2.81. The maximum absolute atomic E-state index is 10.6. The highest BCUT2D eigenvalue weighted by molar-refractivity contribution is 6.09. The lowest BCUT2D eigenvalue weighted by atomic mass is 10.0. The summed E-state index contributed by atoms with van der Waals surface area (Å²) in [5.74, 6) is 0.331. The zero-order valence-corrected chi connectivity index (χ0v) is 15.9. The van der Waals surface area contributed by atoms with Crippen molar-refractivity contribution < 1.29 is 5.11 Å². The molecule has 1 aromatic heterocycles. The minimum Gasteiger partial charge on any atom is -0.507 e. The molecular formula is C24H26N2O. The van der Waals surface area contributed by atoms with Crippen LogP contribution in [0, 0.1) is 0 Å². The summed E-state index contributed by atoms with van der Waals surface area (Å²) in [6, 6.07) is 20.2. The molecule has 0 bridgehead atoms. The highest BCUT2D eigenvalue weighted by Gasteiger charge is 2.16. The van der Waals surface area contributed by atoms with Gasteiger partial charge in [0.05, 0.1) is 16.9 Å². The van der Waals surface area contributed by atoms with Crippen molar-refractivity contribution in [3.8, 4) is 11.4 Å². The van der Waals surface area contributed by atoms with Gasteiger partial charge in [-0.25, -0.2) is 4.68 Å². The highest BCUT2D eigenvalue weighted by atomic mass is 16.3. The number of fused-ring (bicyclic) bond motifs is 3. The van der Waals surface area contributed by atoms with Crippen molar-refractivity contribution in [2.24, 2.45) is 0 Å². The number of phenols is 1. The SMILES string of the molecule is CCCCCCCc1nn(-c2ccccc2)c2c1cc(O)c1ccccc12. The molecule has 0 saturated heterocycles. The molecule has 0 unspecified atom stereocenters. The molecule has 0 aliphatic heterocycles. The average Bonchev–Trinajstić information content (AvgIpc) is 3.07. The van der Waals surface area contributed by atoms with E-state index >= 15 is 0 Å². The van der Waals surface area contributed by atoms with Gasteiger partial charge in [0.1, 0.15) is 5.75 Å². The number of para-hydroxylation sites is 1. The number of aromatic hydroxyl groups is 1. The van der Waals surface area contributed by atoms with Crippen molar-refractivity contribution in [3.63, 3.8) is 0 Å². The zero-order valence-electron chi connectivity index (χ0n) is 15.9. The van der Waals surface area contributed by atoms with Gasteiger partial charge in [0.25, 0.3) is 0 Å².